The first-order chi connectivity index (χ1) is 4.46. The quantitative estimate of drug-likeness (QED) is 0.285. The molecule has 0 unspecified atom stereocenters. The third-order valence-corrected chi connectivity index (χ3v) is 0. The molecule has 0 spiro atoms. The van der Waals surface area contributed by atoms with Gasteiger partial charge in [-0.2, -0.15) is 0 Å². The number of urea groups is 1. The first-order valence-corrected chi connectivity index (χ1v) is 1.64. The Morgan fingerprint density at radius 3 is 1.50 bits per heavy atom. The van der Waals surface area contributed by atoms with Crippen LogP contribution in [0.1, 0.15) is 0 Å². The molecule has 0 aromatic carbocycles. The molecule has 0 heterocycles. The molecule has 8 nitrogen and oxygen atoms in total. The Morgan fingerprint density at radius 2 is 1.50 bits per heavy atom. The second-order valence-electron chi connectivity index (χ2n) is 0.640. The van der Waals surface area contributed by atoms with Crippen LogP contribution in [0.3, 0.4) is 0 Å². The average molecular weight is 153 g/mol. The maximum atomic E-state index is 9.00. The van der Waals surface area contributed by atoms with Crippen molar-refractivity contribution in [3.05, 3.63) is 10.1 Å². The van der Waals surface area contributed by atoms with Crippen LogP contribution in [0, 0.1) is 10.1 Å². The normalized spacial score (nSPS) is 5.20. The van der Waals surface area contributed by atoms with E-state index in [0.717, 1.165) is 0 Å². The standard InChI is InChI=1S/CH4N2O.CH2O.HNO3/c2-1(3)4;1-2;2-1(3)4/h(H4,2,3,4);1H2;(H,2,3,4). The molecule has 0 aliphatic heterocycles. The van der Waals surface area contributed by atoms with Crippen LogP contribution < -0.4 is 11.5 Å². The topological polar surface area (TPSA) is 150 Å². The third kappa shape index (κ3) is 46.9. The van der Waals surface area contributed by atoms with E-state index in [1.165, 1.54) is 0 Å². The van der Waals surface area contributed by atoms with Gasteiger partial charge in [0.15, 0.2) is 0 Å². The minimum atomic E-state index is -1.50. The van der Waals surface area contributed by atoms with Crippen LogP contribution in [0.5, 0.6) is 0 Å². The predicted molar refractivity (Wildman–Crippen MR) is 29.7 cm³/mol. The summed E-state index contributed by atoms with van der Waals surface area (Å²) in [5.41, 5.74) is 8.50. The fraction of sp³-hybridized carbons (Fsp3) is 0. The molecule has 0 rings (SSSR count). The van der Waals surface area contributed by atoms with Crippen molar-refractivity contribution in [3.8, 4) is 0 Å². The fourth-order valence-corrected chi connectivity index (χ4v) is 0. The van der Waals surface area contributed by atoms with Crippen molar-refractivity contribution < 1.29 is 19.9 Å². The van der Waals surface area contributed by atoms with Crippen LogP contribution in [-0.2, 0) is 4.79 Å². The lowest BCUT2D eigenvalue weighted by molar-refractivity contribution is -0.742. The Labute approximate surface area is 55.5 Å². The minimum absolute atomic E-state index is 0.833. The van der Waals surface area contributed by atoms with Crippen LogP contribution in [0.2, 0.25) is 0 Å². The van der Waals surface area contributed by atoms with Gasteiger partial charge in [0.05, 0.1) is 0 Å². The summed E-state index contributed by atoms with van der Waals surface area (Å²) >= 11 is 0. The highest BCUT2D eigenvalue weighted by molar-refractivity contribution is 5.69. The molecule has 5 N–H and O–H groups in total. The Bertz CT molecular complexity index is 83.1. The molecule has 0 aliphatic rings. The van der Waals surface area contributed by atoms with Gasteiger partial charge in [0, 0.05) is 0 Å². The molecule has 60 valence electrons. The smallest absolute Gasteiger partial charge is 0.309 e. The van der Waals surface area contributed by atoms with Crippen LogP contribution in [0.15, 0.2) is 0 Å². The molecule has 0 saturated carbocycles. The molecule has 0 bridgehead atoms. The van der Waals surface area contributed by atoms with Crippen LogP contribution in [-0.4, -0.2) is 23.1 Å². The van der Waals surface area contributed by atoms with Gasteiger partial charge in [-0.15, -0.1) is 10.1 Å². The molecule has 2 amide bonds. The average Bonchev–Trinajstić information content (AvgIpc) is 1.66. The second-order valence-corrected chi connectivity index (χ2v) is 0.640. The number of rotatable bonds is 0. The summed E-state index contributed by atoms with van der Waals surface area (Å²) in [5.74, 6) is 0. The monoisotopic (exact) mass is 153 g/mol. The first-order valence-electron chi connectivity index (χ1n) is 1.64. The van der Waals surface area contributed by atoms with Crippen molar-refractivity contribution in [3.63, 3.8) is 0 Å². The molecule has 0 aliphatic carbocycles. The van der Waals surface area contributed by atoms with E-state index in [1.54, 1.807) is 0 Å². The number of amides is 2. The Hall–Kier alpha value is -1.86. The van der Waals surface area contributed by atoms with Gasteiger partial charge in [-0.25, -0.2) is 4.79 Å². The molecule has 10 heavy (non-hydrogen) atoms. The summed E-state index contributed by atoms with van der Waals surface area (Å²) in [4.78, 5) is 25.4. The number of primary amides is 2. The molecule has 0 fully saturated rings. The Kier molecular flexibility index (Phi) is 24.7. The van der Waals surface area contributed by atoms with Gasteiger partial charge in [0.1, 0.15) is 6.79 Å². The van der Waals surface area contributed by atoms with Crippen molar-refractivity contribution in [2.24, 2.45) is 11.5 Å². The van der Waals surface area contributed by atoms with E-state index in [0.29, 0.717) is 0 Å². The van der Waals surface area contributed by atoms with Crippen molar-refractivity contribution in [1.29, 1.82) is 0 Å². The number of nitrogens with two attached hydrogens (primary N) is 2. The summed E-state index contributed by atoms with van der Waals surface area (Å²) in [7, 11) is 0. The van der Waals surface area contributed by atoms with Crippen molar-refractivity contribution in [1.82, 2.24) is 0 Å². The van der Waals surface area contributed by atoms with Gasteiger partial charge in [-0.05, 0) is 0 Å². The zero-order valence-electron chi connectivity index (χ0n) is 4.89. The Morgan fingerprint density at radius 1 is 1.50 bits per heavy atom. The summed E-state index contributed by atoms with van der Waals surface area (Å²) < 4.78 is 0. The third-order valence-electron chi connectivity index (χ3n) is 0. The molecule has 8 heteroatoms. The molecular weight excluding hydrogens is 146 g/mol. The predicted octanol–water partition coefficient (Wildman–Crippen LogP) is -1.51. The molecule has 0 radical (unpaired) electrons. The van der Waals surface area contributed by atoms with Gasteiger partial charge < -0.3 is 21.5 Å². The number of nitrogens with zero attached hydrogens (tertiary/aromatic N) is 1. The number of carbonyl (C=O) groups excluding carboxylic acids is 2. The Balaban J connectivity index is -0.0000000787. The number of carbonyl (C=O) groups is 2. The molecular formula is C2H7N3O5. The van der Waals surface area contributed by atoms with Gasteiger partial charge in [0.25, 0.3) is 5.09 Å². The lowest BCUT2D eigenvalue weighted by atomic mass is 11.2. The largest absolute Gasteiger partial charge is 0.352 e. The summed E-state index contributed by atoms with van der Waals surface area (Å²) in [5, 5.41) is 13.6. The van der Waals surface area contributed by atoms with E-state index < -0.39 is 11.1 Å². The molecule has 0 aromatic heterocycles. The van der Waals surface area contributed by atoms with E-state index in [-0.39, 0.29) is 0 Å². The van der Waals surface area contributed by atoms with Crippen molar-refractivity contribution in [2.75, 3.05) is 0 Å². The first kappa shape index (κ1) is 15.7. The lowest BCUT2D eigenvalue weighted by Crippen LogP contribution is -2.18. The molecule has 0 saturated heterocycles. The van der Waals surface area contributed by atoms with Crippen molar-refractivity contribution in [2.45, 2.75) is 0 Å². The van der Waals surface area contributed by atoms with Gasteiger partial charge in [-0.3, -0.25) is 0 Å². The minimum Gasteiger partial charge on any atom is -0.352 e. The van der Waals surface area contributed by atoms with Gasteiger partial charge >= 0.3 is 6.03 Å². The maximum Gasteiger partial charge on any atom is 0.309 e. The zero-order valence-corrected chi connectivity index (χ0v) is 4.89. The summed E-state index contributed by atoms with van der Waals surface area (Å²) in [6, 6.07) is -0.833. The van der Waals surface area contributed by atoms with E-state index in [4.69, 9.17) is 24.9 Å². The van der Waals surface area contributed by atoms with Crippen LogP contribution in [0.4, 0.5) is 4.79 Å². The lowest BCUT2D eigenvalue weighted by Gasteiger charge is -1.62. The van der Waals surface area contributed by atoms with E-state index in [1.807, 2.05) is 6.79 Å². The van der Waals surface area contributed by atoms with Crippen LogP contribution >= 0.6 is 0 Å². The van der Waals surface area contributed by atoms with Crippen LogP contribution in [0.25, 0.3) is 0 Å². The van der Waals surface area contributed by atoms with E-state index in [9.17, 15) is 0 Å². The highest BCUT2D eigenvalue weighted by Gasteiger charge is 1.65. The van der Waals surface area contributed by atoms with E-state index >= 15 is 0 Å². The van der Waals surface area contributed by atoms with Gasteiger partial charge in [0.2, 0.25) is 0 Å². The highest BCUT2D eigenvalue weighted by Crippen LogP contribution is 1.38. The highest BCUT2D eigenvalue weighted by atomic mass is 16.9. The summed E-state index contributed by atoms with van der Waals surface area (Å²) in [6.45, 7) is 2.00. The fourth-order valence-electron chi connectivity index (χ4n) is 0. The SMILES string of the molecule is C=O.NC(N)=O.O=[N+]([O-])O. The number of hydrogen-bond acceptors (Lipinski definition) is 4. The maximum absolute atomic E-state index is 9.00. The zero-order chi connectivity index (χ0) is 9.15. The summed E-state index contributed by atoms with van der Waals surface area (Å²) in [6.07, 6.45) is 0. The molecule has 0 atom stereocenters. The van der Waals surface area contributed by atoms with Crippen molar-refractivity contribution >= 4 is 12.8 Å². The van der Waals surface area contributed by atoms with E-state index in [2.05, 4.69) is 11.5 Å². The number of hydrogen-bond donors (Lipinski definition) is 3. The molecule has 0 aromatic rings. The second kappa shape index (κ2) is 15.7. The van der Waals surface area contributed by atoms with Gasteiger partial charge in [-0.1, -0.05) is 0 Å².